The highest BCUT2D eigenvalue weighted by atomic mass is 16.3. The molecule has 0 aromatic carbocycles. The van der Waals surface area contributed by atoms with Crippen LogP contribution in [0.15, 0.2) is 0 Å². The second kappa shape index (κ2) is 9.64. The van der Waals surface area contributed by atoms with Gasteiger partial charge in [0.25, 0.3) is 0 Å². The van der Waals surface area contributed by atoms with Gasteiger partial charge in [-0.05, 0) is 114 Å². The minimum absolute atomic E-state index is 0.0456. The number of carbonyl (C=O) groups is 1. The van der Waals surface area contributed by atoms with Crippen LogP contribution in [0.1, 0.15) is 92.4 Å². The predicted molar refractivity (Wildman–Crippen MR) is 138 cm³/mol. The van der Waals surface area contributed by atoms with Gasteiger partial charge in [-0.15, -0.1) is 0 Å². The van der Waals surface area contributed by atoms with E-state index < -0.39 is 0 Å². The quantitative estimate of drug-likeness (QED) is 0.457. The molecule has 36 heavy (non-hydrogen) atoms. The van der Waals surface area contributed by atoms with Gasteiger partial charge in [0.2, 0.25) is 11.9 Å². The second-order valence-corrected chi connectivity index (χ2v) is 13.5. The number of aliphatic hydroxyl groups is 2. The van der Waals surface area contributed by atoms with Gasteiger partial charge >= 0.3 is 0 Å². The molecule has 0 aliphatic heterocycles. The van der Waals surface area contributed by atoms with E-state index in [0.717, 1.165) is 32.1 Å². The fourth-order valence-corrected chi connectivity index (χ4v) is 10.2. The molecule has 4 aliphatic rings. The first-order valence-corrected chi connectivity index (χ1v) is 14.5. The number of nitrogens with zero attached hydrogens (tertiary/aromatic N) is 3. The lowest BCUT2D eigenvalue weighted by Crippen LogP contribution is -2.62. The van der Waals surface area contributed by atoms with Gasteiger partial charge in [0.1, 0.15) is 0 Å². The number of aromatic nitrogens is 4. The average Bonchev–Trinajstić information content (AvgIpc) is 3.47. The van der Waals surface area contributed by atoms with Crippen LogP contribution >= 0.6 is 0 Å². The number of amides is 1. The van der Waals surface area contributed by atoms with Crippen molar-refractivity contribution in [3.63, 3.8) is 0 Å². The molecule has 1 heterocycles. The standard InChI is InChI=1S/C28H47N5O3/c1-6-18-22-14-17(34)9-11-28(22,5)21-10-12-27(4)19(7-8-20(27)23(21)24(18)35)15(2)13-16(3)25(36)29-26-30-32-33-31-26/h15-24,34-35H,6-14H2,1-5H3,(H2,29,30,31,32,33,36)/t15-,16+,17-,18-,19-,20?,21?,22+,23?,24-,27-,28-/m1/s1. The molecule has 0 bridgehead atoms. The summed E-state index contributed by atoms with van der Waals surface area (Å²) in [6.07, 6.45) is 9.02. The molecule has 0 spiro atoms. The van der Waals surface area contributed by atoms with Gasteiger partial charge in [-0.1, -0.05) is 46.1 Å². The molecule has 8 heteroatoms. The van der Waals surface area contributed by atoms with Gasteiger partial charge in [-0.3, -0.25) is 10.1 Å². The number of aliphatic hydroxyl groups excluding tert-OH is 2. The van der Waals surface area contributed by atoms with E-state index in [9.17, 15) is 15.0 Å². The van der Waals surface area contributed by atoms with E-state index in [4.69, 9.17) is 0 Å². The van der Waals surface area contributed by atoms with Crippen LogP contribution in [-0.2, 0) is 4.79 Å². The van der Waals surface area contributed by atoms with Crippen LogP contribution in [0, 0.1) is 58.2 Å². The Balaban J connectivity index is 1.32. The normalized spacial score (nSPS) is 45.8. The maximum atomic E-state index is 12.7. The Labute approximate surface area is 215 Å². The van der Waals surface area contributed by atoms with Crippen molar-refractivity contribution in [2.24, 2.45) is 58.2 Å². The van der Waals surface area contributed by atoms with Crippen molar-refractivity contribution in [2.45, 2.75) is 105 Å². The Morgan fingerprint density at radius 1 is 1.08 bits per heavy atom. The molecule has 202 valence electrons. The van der Waals surface area contributed by atoms with Crippen molar-refractivity contribution in [2.75, 3.05) is 5.32 Å². The van der Waals surface area contributed by atoms with Gasteiger partial charge in [-0.25, -0.2) is 5.10 Å². The minimum atomic E-state index is -0.262. The number of aromatic amines is 1. The van der Waals surface area contributed by atoms with Crippen molar-refractivity contribution in [1.29, 1.82) is 0 Å². The third-order valence-corrected chi connectivity index (χ3v) is 11.9. The van der Waals surface area contributed by atoms with Crippen molar-refractivity contribution in [3.05, 3.63) is 0 Å². The van der Waals surface area contributed by atoms with E-state index in [1.165, 1.54) is 25.7 Å². The van der Waals surface area contributed by atoms with E-state index >= 15 is 0 Å². The number of rotatable bonds is 6. The SMILES string of the molecule is CC[C@H]1[C@@H](O)C2C3CC[C@H]([C@H](C)C[C@H](C)C(=O)Nc4nnn[nH]4)[C@@]3(C)CCC2[C@@]2(C)CC[C@@H](O)C[C@@H]12. The Kier molecular flexibility index (Phi) is 6.99. The molecular formula is C28H47N5O3. The van der Waals surface area contributed by atoms with E-state index in [0.29, 0.717) is 47.4 Å². The van der Waals surface area contributed by atoms with Crippen molar-refractivity contribution in [1.82, 2.24) is 20.6 Å². The van der Waals surface area contributed by atoms with E-state index in [1.54, 1.807) is 0 Å². The number of fused-ring (bicyclic) bond motifs is 5. The zero-order valence-electron chi connectivity index (χ0n) is 22.8. The third kappa shape index (κ3) is 4.11. The van der Waals surface area contributed by atoms with Gasteiger partial charge in [0, 0.05) is 5.92 Å². The molecule has 8 nitrogen and oxygen atoms in total. The maximum Gasteiger partial charge on any atom is 0.246 e. The molecule has 5 rings (SSSR count). The summed E-state index contributed by atoms with van der Waals surface area (Å²) in [6.45, 7) is 11.6. The monoisotopic (exact) mass is 501 g/mol. The zero-order valence-corrected chi connectivity index (χ0v) is 22.8. The Morgan fingerprint density at radius 2 is 1.81 bits per heavy atom. The smallest absolute Gasteiger partial charge is 0.246 e. The highest BCUT2D eigenvalue weighted by Crippen LogP contribution is 2.69. The first-order valence-electron chi connectivity index (χ1n) is 14.5. The zero-order chi connectivity index (χ0) is 25.8. The molecule has 4 fully saturated rings. The lowest BCUT2D eigenvalue weighted by atomic mass is 9.41. The number of H-pyrrole nitrogens is 1. The summed E-state index contributed by atoms with van der Waals surface area (Å²) in [4.78, 5) is 12.7. The van der Waals surface area contributed by atoms with Gasteiger partial charge < -0.3 is 10.2 Å². The van der Waals surface area contributed by atoms with Gasteiger partial charge in [0.05, 0.1) is 12.2 Å². The van der Waals surface area contributed by atoms with Crippen LogP contribution in [0.3, 0.4) is 0 Å². The first kappa shape index (κ1) is 26.1. The average molecular weight is 502 g/mol. The molecular weight excluding hydrogens is 454 g/mol. The summed E-state index contributed by atoms with van der Waals surface area (Å²) in [7, 11) is 0. The summed E-state index contributed by atoms with van der Waals surface area (Å²) in [6, 6.07) is 0. The number of hydrogen-bond donors (Lipinski definition) is 4. The van der Waals surface area contributed by atoms with E-state index in [2.05, 4.69) is 53.6 Å². The topological polar surface area (TPSA) is 124 Å². The second-order valence-electron chi connectivity index (χ2n) is 13.5. The number of hydrogen-bond acceptors (Lipinski definition) is 6. The first-order chi connectivity index (χ1) is 17.1. The van der Waals surface area contributed by atoms with Crippen LogP contribution in [0.25, 0.3) is 0 Å². The summed E-state index contributed by atoms with van der Waals surface area (Å²) in [5, 5.41) is 38.6. The maximum absolute atomic E-state index is 12.7. The number of anilines is 1. The van der Waals surface area contributed by atoms with E-state index in [-0.39, 0.29) is 34.9 Å². The molecule has 1 aromatic rings. The predicted octanol–water partition coefficient (Wildman–Crippen LogP) is 4.43. The van der Waals surface area contributed by atoms with Crippen molar-refractivity contribution < 1.29 is 15.0 Å². The largest absolute Gasteiger partial charge is 0.393 e. The molecule has 1 aromatic heterocycles. The summed E-state index contributed by atoms with van der Waals surface area (Å²) >= 11 is 0. The number of nitrogens with one attached hydrogen (secondary N) is 2. The van der Waals surface area contributed by atoms with Crippen molar-refractivity contribution >= 4 is 11.9 Å². The van der Waals surface area contributed by atoms with Gasteiger partial charge in [-0.2, -0.15) is 0 Å². The fourth-order valence-electron chi connectivity index (χ4n) is 10.2. The lowest BCUT2D eigenvalue weighted by Gasteiger charge is -2.64. The highest BCUT2D eigenvalue weighted by Gasteiger charge is 2.64. The summed E-state index contributed by atoms with van der Waals surface area (Å²) in [5.74, 6) is 3.31. The van der Waals surface area contributed by atoms with Crippen molar-refractivity contribution in [3.8, 4) is 0 Å². The Morgan fingerprint density at radius 3 is 2.50 bits per heavy atom. The molecule has 4 aliphatic carbocycles. The fraction of sp³-hybridized carbons (Fsp3) is 0.929. The Hall–Kier alpha value is -1.54. The molecule has 4 N–H and O–H groups in total. The molecule has 12 atom stereocenters. The van der Waals surface area contributed by atoms with Crippen LogP contribution in [0.2, 0.25) is 0 Å². The molecule has 3 unspecified atom stereocenters. The van der Waals surface area contributed by atoms with Crippen LogP contribution in [0.4, 0.5) is 5.95 Å². The number of carbonyl (C=O) groups excluding carboxylic acids is 1. The van der Waals surface area contributed by atoms with Crippen LogP contribution in [-0.4, -0.2) is 49.0 Å². The highest BCUT2D eigenvalue weighted by molar-refractivity contribution is 5.90. The number of tetrazole rings is 1. The minimum Gasteiger partial charge on any atom is -0.393 e. The summed E-state index contributed by atoms with van der Waals surface area (Å²) in [5.41, 5.74) is 0.444. The van der Waals surface area contributed by atoms with Gasteiger partial charge in [0.15, 0.2) is 0 Å². The molecule has 0 saturated heterocycles. The third-order valence-electron chi connectivity index (χ3n) is 11.9. The molecule has 1 amide bonds. The van der Waals surface area contributed by atoms with Crippen LogP contribution < -0.4 is 5.32 Å². The van der Waals surface area contributed by atoms with E-state index in [1.807, 2.05) is 6.92 Å². The summed E-state index contributed by atoms with van der Waals surface area (Å²) < 4.78 is 0. The van der Waals surface area contributed by atoms with Crippen LogP contribution in [0.5, 0.6) is 0 Å². The molecule has 0 radical (unpaired) electrons. The lowest BCUT2D eigenvalue weighted by molar-refractivity contribution is -0.203. The molecule has 4 saturated carbocycles. The Bertz CT molecular complexity index is 926.